The fraction of sp³-hybridized carbons (Fsp3) is 0.111. The maximum atomic E-state index is 11.9. The third-order valence-electron chi connectivity index (χ3n) is 3.34. The molecule has 3 aromatic rings. The lowest BCUT2D eigenvalue weighted by Crippen LogP contribution is -2.23. The smallest absolute Gasteiger partial charge is 0.244 e. The summed E-state index contributed by atoms with van der Waals surface area (Å²) in [6.45, 7) is 0.603. The highest BCUT2D eigenvalue weighted by Gasteiger charge is 2.02. The summed E-state index contributed by atoms with van der Waals surface area (Å²) in [5.41, 5.74) is 2.15. The molecule has 0 bridgehead atoms. The number of aromatic nitrogens is 1. The molecule has 1 heterocycles. The standard InChI is InChI=1S/C18H15BrN2OS/c19-14-6-2-1-5-13(14)11-12-20-17(22)9-10-18-21-15-7-3-4-8-16(15)23-18/h1-10H,11-12H2,(H,20,22)/b10-9+. The van der Waals surface area contributed by atoms with Gasteiger partial charge in [-0.05, 0) is 36.3 Å². The quantitative estimate of drug-likeness (QED) is 0.658. The maximum Gasteiger partial charge on any atom is 0.244 e. The third kappa shape index (κ3) is 4.27. The summed E-state index contributed by atoms with van der Waals surface area (Å²) in [5.74, 6) is -0.101. The molecular formula is C18H15BrN2OS. The van der Waals surface area contributed by atoms with Crippen molar-refractivity contribution in [3.05, 3.63) is 69.7 Å². The van der Waals surface area contributed by atoms with Crippen molar-refractivity contribution in [3.63, 3.8) is 0 Å². The first-order valence-electron chi connectivity index (χ1n) is 7.27. The number of rotatable bonds is 5. The van der Waals surface area contributed by atoms with E-state index < -0.39 is 0 Å². The summed E-state index contributed by atoms with van der Waals surface area (Å²) < 4.78 is 2.20. The maximum absolute atomic E-state index is 11.9. The first kappa shape index (κ1) is 15.9. The Balaban J connectivity index is 1.53. The van der Waals surface area contributed by atoms with Crippen LogP contribution in [-0.2, 0) is 11.2 Å². The number of nitrogens with one attached hydrogen (secondary N) is 1. The van der Waals surface area contributed by atoms with Crippen molar-refractivity contribution in [2.75, 3.05) is 6.54 Å². The number of nitrogens with zero attached hydrogens (tertiary/aromatic N) is 1. The van der Waals surface area contributed by atoms with Gasteiger partial charge in [-0.15, -0.1) is 11.3 Å². The molecule has 23 heavy (non-hydrogen) atoms. The number of carbonyl (C=O) groups is 1. The largest absolute Gasteiger partial charge is 0.352 e. The highest BCUT2D eigenvalue weighted by molar-refractivity contribution is 9.10. The Morgan fingerprint density at radius 2 is 1.96 bits per heavy atom. The topological polar surface area (TPSA) is 42.0 Å². The molecule has 1 amide bonds. The van der Waals surface area contributed by atoms with Crippen LogP contribution in [0, 0.1) is 0 Å². The third-order valence-corrected chi connectivity index (χ3v) is 5.11. The first-order chi connectivity index (χ1) is 11.2. The summed E-state index contributed by atoms with van der Waals surface area (Å²) >= 11 is 5.09. The number of hydrogen-bond donors (Lipinski definition) is 1. The van der Waals surface area contributed by atoms with Crippen LogP contribution in [-0.4, -0.2) is 17.4 Å². The van der Waals surface area contributed by atoms with Gasteiger partial charge in [-0.1, -0.05) is 46.3 Å². The molecule has 0 atom stereocenters. The van der Waals surface area contributed by atoms with Gasteiger partial charge in [0.05, 0.1) is 10.2 Å². The first-order valence-corrected chi connectivity index (χ1v) is 8.88. The van der Waals surface area contributed by atoms with Crippen molar-refractivity contribution in [1.82, 2.24) is 10.3 Å². The molecule has 0 aliphatic heterocycles. The fourth-order valence-electron chi connectivity index (χ4n) is 2.19. The molecule has 0 fully saturated rings. The second-order valence-corrected chi connectivity index (χ2v) is 6.90. The summed E-state index contributed by atoms with van der Waals surface area (Å²) in [7, 11) is 0. The van der Waals surface area contributed by atoms with E-state index in [1.807, 2.05) is 48.5 Å². The molecule has 1 N–H and O–H groups in total. The average molecular weight is 387 g/mol. The minimum absolute atomic E-state index is 0.101. The Labute approximate surface area is 147 Å². The van der Waals surface area contributed by atoms with E-state index in [1.54, 1.807) is 17.4 Å². The van der Waals surface area contributed by atoms with E-state index in [-0.39, 0.29) is 5.91 Å². The second-order valence-electron chi connectivity index (χ2n) is 4.99. The number of amides is 1. The molecule has 0 saturated heterocycles. The van der Waals surface area contributed by atoms with E-state index >= 15 is 0 Å². The SMILES string of the molecule is O=C(/C=C/c1nc2ccccc2s1)NCCc1ccccc1Br. The molecule has 116 valence electrons. The number of thiazole rings is 1. The van der Waals surface area contributed by atoms with E-state index in [4.69, 9.17) is 0 Å². The van der Waals surface area contributed by atoms with Crippen molar-refractivity contribution >= 4 is 49.5 Å². The summed E-state index contributed by atoms with van der Waals surface area (Å²) in [6.07, 6.45) is 4.10. The molecule has 0 radical (unpaired) electrons. The Morgan fingerprint density at radius 1 is 1.17 bits per heavy atom. The van der Waals surface area contributed by atoms with Crippen LogP contribution in [0.5, 0.6) is 0 Å². The molecule has 0 aliphatic rings. The minimum atomic E-state index is -0.101. The molecule has 3 rings (SSSR count). The van der Waals surface area contributed by atoms with Crippen molar-refractivity contribution in [1.29, 1.82) is 0 Å². The van der Waals surface area contributed by atoms with E-state index in [2.05, 4.69) is 26.2 Å². The van der Waals surface area contributed by atoms with Crippen LogP contribution in [0.15, 0.2) is 59.1 Å². The normalized spacial score (nSPS) is 11.2. The van der Waals surface area contributed by atoms with Crippen LogP contribution >= 0.6 is 27.3 Å². The van der Waals surface area contributed by atoms with Gasteiger partial charge in [0.1, 0.15) is 5.01 Å². The Morgan fingerprint density at radius 3 is 2.78 bits per heavy atom. The molecule has 2 aromatic carbocycles. The van der Waals surface area contributed by atoms with Crippen molar-refractivity contribution in [2.45, 2.75) is 6.42 Å². The van der Waals surface area contributed by atoms with E-state index in [0.29, 0.717) is 6.54 Å². The number of carbonyl (C=O) groups excluding carboxylic acids is 1. The van der Waals surface area contributed by atoms with E-state index in [0.717, 1.165) is 26.1 Å². The van der Waals surface area contributed by atoms with Gasteiger partial charge < -0.3 is 5.32 Å². The molecule has 0 aliphatic carbocycles. The van der Waals surface area contributed by atoms with Crippen LogP contribution in [0.3, 0.4) is 0 Å². The van der Waals surface area contributed by atoms with Gasteiger partial charge in [0.2, 0.25) is 5.91 Å². The van der Waals surface area contributed by atoms with Gasteiger partial charge in [-0.25, -0.2) is 4.98 Å². The number of para-hydroxylation sites is 1. The van der Waals surface area contributed by atoms with Gasteiger partial charge >= 0.3 is 0 Å². The van der Waals surface area contributed by atoms with Crippen LogP contribution < -0.4 is 5.32 Å². The summed E-state index contributed by atoms with van der Waals surface area (Å²) in [4.78, 5) is 16.3. The van der Waals surface area contributed by atoms with E-state index in [9.17, 15) is 4.79 Å². The van der Waals surface area contributed by atoms with Gasteiger partial charge in [0.15, 0.2) is 0 Å². The Kier molecular flexibility index (Phi) is 5.20. The van der Waals surface area contributed by atoms with Gasteiger partial charge in [0, 0.05) is 17.1 Å². The summed E-state index contributed by atoms with van der Waals surface area (Å²) in [6, 6.07) is 16.0. The number of halogens is 1. The van der Waals surface area contributed by atoms with Gasteiger partial charge in [0.25, 0.3) is 0 Å². The molecule has 3 nitrogen and oxygen atoms in total. The number of fused-ring (bicyclic) bond motifs is 1. The van der Waals surface area contributed by atoms with Crippen LogP contribution in [0.1, 0.15) is 10.6 Å². The molecule has 0 spiro atoms. The van der Waals surface area contributed by atoms with Crippen LogP contribution in [0.2, 0.25) is 0 Å². The molecule has 5 heteroatoms. The zero-order valence-corrected chi connectivity index (χ0v) is 14.7. The van der Waals surface area contributed by atoms with Crippen LogP contribution in [0.4, 0.5) is 0 Å². The second kappa shape index (κ2) is 7.53. The fourth-order valence-corrected chi connectivity index (χ4v) is 3.54. The lowest BCUT2D eigenvalue weighted by molar-refractivity contribution is -0.116. The van der Waals surface area contributed by atoms with E-state index in [1.165, 1.54) is 11.6 Å². The lowest BCUT2D eigenvalue weighted by atomic mass is 10.1. The number of hydrogen-bond acceptors (Lipinski definition) is 3. The predicted octanol–water partition coefficient (Wildman–Crippen LogP) is 4.43. The summed E-state index contributed by atoms with van der Waals surface area (Å²) in [5, 5.41) is 3.73. The zero-order valence-electron chi connectivity index (χ0n) is 12.3. The monoisotopic (exact) mass is 386 g/mol. The molecule has 0 unspecified atom stereocenters. The van der Waals surface area contributed by atoms with Gasteiger partial charge in [-0.2, -0.15) is 0 Å². The highest BCUT2D eigenvalue weighted by atomic mass is 79.9. The predicted molar refractivity (Wildman–Crippen MR) is 99.5 cm³/mol. The van der Waals surface area contributed by atoms with Crippen molar-refractivity contribution in [3.8, 4) is 0 Å². The molecule has 0 saturated carbocycles. The zero-order chi connectivity index (χ0) is 16.1. The minimum Gasteiger partial charge on any atom is -0.352 e. The Hall–Kier alpha value is -1.98. The highest BCUT2D eigenvalue weighted by Crippen LogP contribution is 2.22. The molecular weight excluding hydrogens is 372 g/mol. The lowest BCUT2D eigenvalue weighted by Gasteiger charge is -2.04. The van der Waals surface area contributed by atoms with Crippen molar-refractivity contribution < 1.29 is 4.79 Å². The van der Waals surface area contributed by atoms with Crippen molar-refractivity contribution in [2.24, 2.45) is 0 Å². The van der Waals surface area contributed by atoms with Gasteiger partial charge in [-0.3, -0.25) is 4.79 Å². The average Bonchev–Trinajstić information content (AvgIpc) is 2.98. The molecule has 1 aromatic heterocycles. The Bertz CT molecular complexity index is 824. The van der Waals surface area contributed by atoms with Crippen LogP contribution in [0.25, 0.3) is 16.3 Å². The number of benzene rings is 2.